The van der Waals surface area contributed by atoms with E-state index in [1.54, 1.807) is 0 Å². The maximum atomic E-state index is 2.69. The molecule has 0 amide bonds. The molecule has 0 rings (SSSR count). The minimum absolute atomic E-state index is 0.432. The third-order valence-electron chi connectivity index (χ3n) is 3.08. The molecule has 0 radical (unpaired) electrons. The first-order valence-corrected chi connectivity index (χ1v) is 6.96. The van der Waals surface area contributed by atoms with Crippen LogP contribution in [0.15, 0.2) is 0 Å². The lowest BCUT2D eigenvalue weighted by Crippen LogP contribution is -2.49. The van der Waals surface area contributed by atoms with Crippen molar-refractivity contribution in [1.29, 1.82) is 0 Å². The summed E-state index contributed by atoms with van der Waals surface area (Å²) in [5.41, 5.74) is 0.432. The lowest BCUT2D eigenvalue weighted by atomic mass is 9.48. The summed E-state index contributed by atoms with van der Waals surface area (Å²) in [6, 6.07) is 1.30. The van der Waals surface area contributed by atoms with Gasteiger partial charge in [-0.05, 0) is 17.5 Å². The molecule has 0 saturated heterocycles. The Kier molecular flexibility index (Phi) is 6.70. The van der Waals surface area contributed by atoms with Gasteiger partial charge in [-0.25, -0.2) is 0 Å². The van der Waals surface area contributed by atoms with Crippen molar-refractivity contribution < 1.29 is 0 Å². The Morgan fingerprint density at radius 2 is 1.44 bits per heavy atom. The largest absolute Gasteiger partial charge is 0.337 e. The summed E-state index contributed by atoms with van der Waals surface area (Å²) in [6.45, 7) is 19.4. The molecule has 0 aromatic carbocycles. The van der Waals surface area contributed by atoms with Gasteiger partial charge in [0, 0.05) is 0 Å². The van der Waals surface area contributed by atoms with Gasteiger partial charge < -0.3 is 4.81 Å². The highest BCUT2D eigenvalue weighted by Gasteiger charge is 2.30. The molecule has 0 unspecified atom stereocenters. The van der Waals surface area contributed by atoms with Crippen LogP contribution in [0.1, 0.15) is 61.8 Å². The van der Waals surface area contributed by atoms with E-state index in [0.717, 1.165) is 6.85 Å². The fourth-order valence-electron chi connectivity index (χ4n) is 2.84. The van der Waals surface area contributed by atoms with E-state index in [1.807, 2.05) is 0 Å². The zero-order valence-corrected chi connectivity index (χ0v) is 12.8. The molecule has 0 fully saturated rings. The molecule has 0 aliphatic heterocycles. The Balaban J connectivity index is 4.71. The molecule has 16 heavy (non-hydrogen) atoms. The SMILES string of the molecule is CCCB(CC(C)(C)C)N(C(C)C)C(C)C. The van der Waals surface area contributed by atoms with Crippen molar-refractivity contribution in [2.24, 2.45) is 5.41 Å². The number of hydrogen-bond donors (Lipinski definition) is 0. The topological polar surface area (TPSA) is 3.24 Å². The van der Waals surface area contributed by atoms with Crippen LogP contribution in [0.4, 0.5) is 0 Å². The predicted molar refractivity (Wildman–Crippen MR) is 77.2 cm³/mol. The fraction of sp³-hybridized carbons (Fsp3) is 1.00. The molecule has 1 nitrogen and oxygen atoms in total. The van der Waals surface area contributed by atoms with Crippen LogP contribution in [-0.2, 0) is 0 Å². The first-order valence-electron chi connectivity index (χ1n) is 6.96. The normalized spacial score (nSPS) is 12.9. The van der Waals surface area contributed by atoms with Gasteiger partial charge in [-0.15, -0.1) is 0 Å². The lowest BCUT2D eigenvalue weighted by molar-refractivity contribution is 0.292. The molecular formula is C14H32BN. The van der Waals surface area contributed by atoms with E-state index < -0.39 is 0 Å². The van der Waals surface area contributed by atoms with Gasteiger partial charge in [-0.2, -0.15) is 0 Å². The fourth-order valence-corrected chi connectivity index (χ4v) is 2.84. The van der Waals surface area contributed by atoms with Gasteiger partial charge in [0.1, 0.15) is 0 Å². The maximum absolute atomic E-state index is 2.69. The van der Waals surface area contributed by atoms with Gasteiger partial charge in [0.2, 0.25) is 6.85 Å². The summed E-state index contributed by atoms with van der Waals surface area (Å²) >= 11 is 0. The van der Waals surface area contributed by atoms with Crippen molar-refractivity contribution >= 4 is 6.85 Å². The van der Waals surface area contributed by atoms with Crippen LogP contribution in [0, 0.1) is 5.41 Å². The van der Waals surface area contributed by atoms with Crippen LogP contribution in [0.5, 0.6) is 0 Å². The molecule has 0 atom stereocenters. The quantitative estimate of drug-likeness (QED) is 0.599. The van der Waals surface area contributed by atoms with Gasteiger partial charge in [0.15, 0.2) is 0 Å². The Hall–Kier alpha value is 0.0249. The Morgan fingerprint density at radius 3 is 1.69 bits per heavy atom. The Bertz CT molecular complexity index is 174. The Labute approximate surface area is 104 Å². The van der Waals surface area contributed by atoms with Crippen molar-refractivity contribution in [3.63, 3.8) is 0 Å². The molecule has 0 aromatic heterocycles. The summed E-state index contributed by atoms with van der Waals surface area (Å²) in [6.07, 6.45) is 3.92. The van der Waals surface area contributed by atoms with Gasteiger partial charge >= 0.3 is 0 Å². The van der Waals surface area contributed by atoms with Crippen LogP contribution in [0.25, 0.3) is 0 Å². The highest BCUT2D eigenvalue weighted by molar-refractivity contribution is 6.56. The van der Waals surface area contributed by atoms with E-state index in [4.69, 9.17) is 0 Å². The molecule has 0 N–H and O–H groups in total. The molecule has 0 saturated carbocycles. The third kappa shape index (κ3) is 5.93. The van der Waals surface area contributed by atoms with Crippen molar-refractivity contribution in [3.05, 3.63) is 0 Å². The highest BCUT2D eigenvalue weighted by Crippen LogP contribution is 2.27. The van der Waals surface area contributed by atoms with Crippen LogP contribution in [-0.4, -0.2) is 23.7 Å². The van der Waals surface area contributed by atoms with Gasteiger partial charge in [0.25, 0.3) is 0 Å². The van der Waals surface area contributed by atoms with Crippen LogP contribution in [0.2, 0.25) is 12.6 Å². The molecule has 0 spiro atoms. The van der Waals surface area contributed by atoms with Crippen molar-refractivity contribution in [3.8, 4) is 0 Å². The van der Waals surface area contributed by atoms with E-state index in [9.17, 15) is 0 Å². The second-order valence-corrected chi connectivity index (χ2v) is 6.84. The minimum Gasteiger partial charge on any atom is -0.337 e. The van der Waals surface area contributed by atoms with Gasteiger partial charge in [-0.3, -0.25) is 0 Å². The molecular weight excluding hydrogens is 193 g/mol. The molecule has 96 valence electrons. The average Bonchev–Trinajstić information content (AvgIpc) is 1.99. The third-order valence-corrected chi connectivity index (χ3v) is 3.08. The summed E-state index contributed by atoms with van der Waals surface area (Å²) in [7, 11) is 0. The van der Waals surface area contributed by atoms with E-state index in [-0.39, 0.29) is 0 Å². The van der Waals surface area contributed by atoms with Crippen molar-refractivity contribution in [1.82, 2.24) is 4.81 Å². The summed E-state index contributed by atoms with van der Waals surface area (Å²) < 4.78 is 0. The summed E-state index contributed by atoms with van der Waals surface area (Å²) in [5.74, 6) is 0. The highest BCUT2D eigenvalue weighted by atomic mass is 15.1. The predicted octanol–water partition coefficient (Wildman–Crippen LogP) is 4.55. The zero-order valence-electron chi connectivity index (χ0n) is 12.8. The minimum atomic E-state index is 0.432. The molecule has 2 heteroatoms. The summed E-state index contributed by atoms with van der Waals surface area (Å²) in [4.78, 5) is 2.69. The van der Waals surface area contributed by atoms with Gasteiger partial charge in [-0.1, -0.05) is 74.5 Å². The van der Waals surface area contributed by atoms with E-state index in [0.29, 0.717) is 17.5 Å². The number of nitrogens with zero attached hydrogens (tertiary/aromatic N) is 1. The smallest absolute Gasteiger partial charge is 0.224 e. The first kappa shape index (κ1) is 16.0. The van der Waals surface area contributed by atoms with Crippen LogP contribution in [0.3, 0.4) is 0 Å². The van der Waals surface area contributed by atoms with Crippen LogP contribution < -0.4 is 0 Å². The standard InChI is InChI=1S/C14H32BN/c1-9-10-15(11-14(6,7)8)16(12(2)3)13(4)5/h12-13H,9-11H2,1-8H3. The van der Waals surface area contributed by atoms with E-state index >= 15 is 0 Å². The van der Waals surface area contributed by atoms with E-state index in [1.165, 1.54) is 19.1 Å². The Morgan fingerprint density at radius 1 is 1.00 bits per heavy atom. The number of hydrogen-bond acceptors (Lipinski definition) is 1. The monoisotopic (exact) mass is 225 g/mol. The van der Waals surface area contributed by atoms with Crippen LogP contribution >= 0.6 is 0 Å². The van der Waals surface area contributed by atoms with Crippen molar-refractivity contribution in [2.45, 2.75) is 86.5 Å². The molecule has 0 heterocycles. The first-order chi connectivity index (χ1) is 7.19. The lowest BCUT2D eigenvalue weighted by Gasteiger charge is -2.39. The van der Waals surface area contributed by atoms with E-state index in [2.05, 4.69) is 60.2 Å². The second kappa shape index (κ2) is 6.69. The second-order valence-electron chi connectivity index (χ2n) is 6.84. The maximum Gasteiger partial charge on any atom is 0.224 e. The molecule has 0 aliphatic carbocycles. The number of rotatable bonds is 6. The van der Waals surface area contributed by atoms with Gasteiger partial charge in [0.05, 0.1) is 0 Å². The average molecular weight is 225 g/mol. The molecule has 0 bridgehead atoms. The molecule has 0 aliphatic rings. The van der Waals surface area contributed by atoms with Crippen molar-refractivity contribution in [2.75, 3.05) is 0 Å². The zero-order chi connectivity index (χ0) is 12.9. The molecule has 0 aromatic rings. The summed E-state index contributed by atoms with van der Waals surface area (Å²) in [5, 5.41) is 0.